The van der Waals surface area contributed by atoms with E-state index in [4.69, 9.17) is 0 Å². The number of benzene rings is 2. The minimum absolute atomic E-state index is 0.126. The molecule has 5 nitrogen and oxygen atoms in total. The summed E-state index contributed by atoms with van der Waals surface area (Å²) < 4.78 is 1.85. The van der Waals surface area contributed by atoms with Crippen molar-refractivity contribution in [1.29, 1.82) is 0 Å². The fraction of sp³-hybridized carbons (Fsp3) is 0.238. The molecule has 0 atom stereocenters. The van der Waals surface area contributed by atoms with Gasteiger partial charge in [0, 0.05) is 24.6 Å². The van der Waals surface area contributed by atoms with Crippen LogP contribution in [0.25, 0.3) is 5.69 Å². The van der Waals surface area contributed by atoms with Gasteiger partial charge in [-0.05, 0) is 57.3 Å². The number of hydrogen-bond acceptors (Lipinski definition) is 3. The first-order chi connectivity index (χ1) is 12.5. The molecule has 1 aromatic heterocycles. The smallest absolute Gasteiger partial charge is 0.257 e. The molecule has 0 aliphatic carbocycles. The zero-order valence-electron chi connectivity index (χ0n) is 15.4. The van der Waals surface area contributed by atoms with Gasteiger partial charge in [0.2, 0.25) is 0 Å². The molecule has 5 heteroatoms. The molecular formula is C21H24N4O. The maximum absolute atomic E-state index is 12.8. The second kappa shape index (κ2) is 7.97. The highest BCUT2D eigenvalue weighted by Gasteiger charge is 2.13. The summed E-state index contributed by atoms with van der Waals surface area (Å²) in [6.07, 6.45) is 6.22. The Kier molecular flexibility index (Phi) is 5.49. The van der Waals surface area contributed by atoms with Gasteiger partial charge in [-0.3, -0.25) is 4.79 Å². The van der Waals surface area contributed by atoms with Crippen molar-refractivity contribution in [3.8, 4) is 5.69 Å². The van der Waals surface area contributed by atoms with Gasteiger partial charge in [-0.2, -0.15) is 0 Å². The Bertz CT molecular complexity index is 868. The lowest BCUT2D eigenvalue weighted by atomic mass is 10.1. The number of carbonyl (C=O) groups excluding carboxylic acids is 1. The zero-order chi connectivity index (χ0) is 18.5. The predicted octanol–water partition coefficient (Wildman–Crippen LogP) is 3.54. The summed E-state index contributed by atoms with van der Waals surface area (Å²) in [6, 6.07) is 13.9. The van der Waals surface area contributed by atoms with Gasteiger partial charge < -0.3 is 14.8 Å². The molecule has 0 fully saturated rings. The lowest BCUT2D eigenvalue weighted by Crippen LogP contribution is -2.16. The summed E-state index contributed by atoms with van der Waals surface area (Å²) >= 11 is 0. The third-order valence-electron chi connectivity index (χ3n) is 4.24. The first kappa shape index (κ1) is 17.9. The van der Waals surface area contributed by atoms with E-state index >= 15 is 0 Å². The molecule has 0 aliphatic rings. The van der Waals surface area contributed by atoms with E-state index in [1.165, 1.54) is 5.56 Å². The van der Waals surface area contributed by atoms with Crippen LogP contribution in [0.3, 0.4) is 0 Å². The Hall–Kier alpha value is -2.92. The van der Waals surface area contributed by atoms with Crippen LogP contribution in [0.2, 0.25) is 0 Å². The van der Waals surface area contributed by atoms with Crippen molar-refractivity contribution in [2.75, 3.05) is 26.0 Å². The van der Waals surface area contributed by atoms with Gasteiger partial charge in [0.15, 0.2) is 0 Å². The van der Waals surface area contributed by atoms with Gasteiger partial charge >= 0.3 is 0 Å². The molecule has 0 aliphatic heterocycles. The molecule has 0 unspecified atom stereocenters. The highest BCUT2D eigenvalue weighted by molar-refractivity contribution is 6.06. The molecule has 2 aromatic carbocycles. The second-order valence-corrected chi connectivity index (χ2v) is 6.69. The molecule has 1 N–H and O–H groups in total. The van der Waals surface area contributed by atoms with Crippen LogP contribution in [-0.4, -0.2) is 41.0 Å². The Labute approximate surface area is 154 Å². The number of rotatable bonds is 6. The Morgan fingerprint density at radius 2 is 1.92 bits per heavy atom. The maximum atomic E-state index is 12.8. The van der Waals surface area contributed by atoms with Crippen LogP contribution in [-0.2, 0) is 6.42 Å². The zero-order valence-corrected chi connectivity index (χ0v) is 15.4. The number of nitrogens with zero attached hydrogens (tertiary/aromatic N) is 3. The molecule has 0 bridgehead atoms. The largest absolute Gasteiger partial charge is 0.322 e. The quantitative estimate of drug-likeness (QED) is 0.741. The van der Waals surface area contributed by atoms with Crippen molar-refractivity contribution < 1.29 is 4.79 Å². The van der Waals surface area contributed by atoms with Gasteiger partial charge in [-0.1, -0.05) is 23.8 Å². The van der Waals surface area contributed by atoms with E-state index in [1.807, 2.05) is 48.0 Å². The number of aryl methyl sites for hydroxylation is 1. The summed E-state index contributed by atoms with van der Waals surface area (Å²) in [6.45, 7) is 2.98. The lowest BCUT2D eigenvalue weighted by molar-refractivity contribution is 0.102. The van der Waals surface area contributed by atoms with Crippen molar-refractivity contribution >= 4 is 11.6 Å². The molecule has 1 heterocycles. The van der Waals surface area contributed by atoms with E-state index in [0.29, 0.717) is 5.56 Å². The van der Waals surface area contributed by atoms with E-state index in [9.17, 15) is 4.79 Å². The summed E-state index contributed by atoms with van der Waals surface area (Å²) in [7, 11) is 4.13. The van der Waals surface area contributed by atoms with Gasteiger partial charge in [-0.25, -0.2) is 4.98 Å². The second-order valence-electron chi connectivity index (χ2n) is 6.69. The lowest BCUT2D eigenvalue weighted by Gasteiger charge is -2.13. The van der Waals surface area contributed by atoms with E-state index in [2.05, 4.69) is 41.4 Å². The van der Waals surface area contributed by atoms with Crippen LogP contribution in [0.5, 0.6) is 0 Å². The number of imidazole rings is 1. The Morgan fingerprint density at radius 3 is 2.58 bits per heavy atom. The Balaban J connectivity index is 1.77. The molecule has 134 valence electrons. The van der Waals surface area contributed by atoms with E-state index in [1.54, 1.807) is 12.5 Å². The van der Waals surface area contributed by atoms with Crippen LogP contribution in [0, 0.1) is 6.92 Å². The Morgan fingerprint density at radius 1 is 1.15 bits per heavy atom. The molecule has 0 radical (unpaired) electrons. The molecule has 0 saturated carbocycles. The fourth-order valence-corrected chi connectivity index (χ4v) is 2.76. The first-order valence-electron chi connectivity index (χ1n) is 8.67. The van der Waals surface area contributed by atoms with Gasteiger partial charge in [0.25, 0.3) is 5.91 Å². The van der Waals surface area contributed by atoms with Crippen LogP contribution < -0.4 is 5.32 Å². The minimum atomic E-state index is -0.126. The summed E-state index contributed by atoms with van der Waals surface area (Å²) in [4.78, 5) is 19.1. The summed E-state index contributed by atoms with van der Waals surface area (Å²) in [5, 5.41) is 3.00. The number of amides is 1. The van der Waals surface area contributed by atoms with Crippen LogP contribution >= 0.6 is 0 Å². The molecule has 1 amide bonds. The van der Waals surface area contributed by atoms with Crippen molar-refractivity contribution in [3.63, 3.8) is 0 Å². The highest BCUT2D eigenvalue weighted by atomic mass is 16.1. The van der Waals surface area contributed by atoms with Crippen molar-refractivity contribution in [2.24, 2.45) is 0 Å². The monoisotopic (exact) mass is 348 g/mol. The first-order valence-corrected chi connectivity index (χ1v) is 8.67. The number of aromatic nitrogens is 2. The number of nitrogens with one attached hydrogen (secondary N) is 1. The van der Waals surface area contributed by atoms with Gasteiger partial charge in [0.1, 0.15) is 0 Å². The molecule has 0 spiro atoms. The summed E-state index contributed by atoms with van der Waals surface area (Å²) in [5.41, 5.74) is 4.53. The van der Waals surface area contributed by atoms with Crippen LogP contribution in [0.4, 0.5) is 5.69 Å². The minimum Gasteiger partial charge on any atom is -0.322 e. The van der Waals surface area contributed by atoms with E-state index < -0.39 is 0 Å². The third kappa shape index (κ3) is 4.37. The average Bonchev–Trinajstić information content (AvgIpc) is 3.15. The van der Waals surface area contributed by atoms with E-state index in [-0.39, 0.29) is 5.91 Å². The predicted molar refractivity (Wildman–Crippen MR) is 105 cm³/mol. The molecule has 3 rings (SSSR count). The van der Waals surface area contributed by atoms with Crippen LogP contribution in [0.15, 0.2) is 61.2 Å². The highest BCUT2D eigenvalue weighted by Crippen LogP contribution is 2.19. The molecular weight excluding hydrogens is 324 g/mol. The van der Waals surface area contributed by atoms with E-state index in [0.717, 1.165) is 29.9 Å². The SMILES string of the molecule is Cc1ccc(-n2ccnc2)c(C(=O)Nc2ccc(CCN(C)C)cc2)c1. The normalized spacial score (nSPS) is 10.9. The number of hydrogen-bond donors (Lipinski definition) is 1. The van der Waals surface area contributed by atoms with Gasteiger partial charge in [0.05, 0.1) is 17.6 Å². The van der Waals surface area contributed by atoms with Crippen molar-refractivity contribution in [3.05, 3.63) is 77.9 Å². The fourth-order valence-electron chi connectivity index (χ4n) is 2.76. The topological polar surface area (TPSA) is 50.2 Å². The average molecular weight is 348 g/mol. The maximum Gasteiger partial charge on any atom is 0.257 e. The van der Waals surface area contributed by atoms with Crippen LogP contribution in [0.1, 0.15) is 21.5 Å². The summed E-state index contributed by atoms with van der Waals surface area (Å²) in [5.74, 6) is -0.126. The standard InChI is InChI=1S/C21H24N4O/c1-16-4-9-20(25-13-11-22-15-25)19(14-16)21(26)23-18-7-5-17(6-8-18)10-12-24(2)3/h4-9,11,13-15H,10,12H2,1-3H3,(H,23,26). The third-order valence-corrected chi connectivity index (χ3v) is 4.24. The van der Waals surface area contributed by atoms with Crippen molar-refractivity contribution in [2.45, 2.75) is 13.3 Å². The number of likely N-dealkylation sites (N-methyl/N-ethyl adjacent to an activating group) is 1. The molecule has 26 heavy (non-hydrogen) atoms. The van der Waals surface area contributed by atoms with Crippen molar-refractivity contribution in [1.82, 2.24) is 14.5 Å². The number of carbonyl (C=O) groups is 1. The van der Waals surface area contributed by atoms with Gasteiger partial charge in [-0.15, -0.1) is 0 Å². The molecule has 3 aromatic rings. The number of anilines is 1. The molecule has 0 saturated heterocycles.